The number of hydrogen-bond donors (Lipinski definition) is 0. The Morgan fingerprint density at radius 3 is 0.822 bits per heavy atom. The minimum absolute atomic E-state index is 0.154. The molecule has 4 aromatic carbocycles. The second-order valence-corrected chi connectivity index (χ2v) is 14.0. The molecule has 0 aliphatic rings. The van der Waals surface area contributed by atoms with E-state index in [1.165, 1.54) is 48.5 Å². The zero-order valence-electron chi connectivity index (χ0n) is 23.6. The van der Waals surface area contributed by atoms with Gasteiger partial charge in [-0.25, -0.2) is 17.6 Å². The SMILES string of the molecule is Fc1ccc(C(c2ccc(F)cc2)c2ccc(-c3ccc(-c4ccc(C(c5ccc(F)cc5)c5ccc(F)cc5)s4)s3)s2)cc1. The lowest BCUT2D eigenvalue weighted by molar-refractivity contribution is 0.625. The van der Waals surface area contributed by atoms with Gasteiger partial charge in [0, 0.05) is 41.1 Å². The molecule has 0 fully saturated rings. The Balaban J connectivity index is 1.19. The summed E-state index contributed by atoms with van der Waals surface area (Å²) in [6.45, 7) is 0. The highest BCUT2D eigenvalue weighted by Crippen LogP contribution is 2.45. The highest BCUT2D eigenvalue weighted by molar-refractivity contribution is 7.26. The van der Waals surface area contributed by atoms with Gasteiger partial charge < -0.3 is 0 Å². The van der Waals surface area contributed by atoms with Crippen LogP contribution in [0.2, 0.25) is 0 Å². The summed E-state index contributed by atoms with van der Waals surface area (Å²) in [6.07, 6.45) is 0. The van der Waals surface area contributed by atoms with E-state index < -0.39 is 0 Å². The van der Waals surface area contributed by atoms with Gasteiger partial charge in [-0.2, -0.15) is 0 Å². The van der Waals surface area contributed by atoms with Crippen molar-refractivity contribution in [2.45, 2.75) is 11.8 Å². The molecule has 0 saturated carbocycles. The number of thiophene rings is 3. The molecule has 7 rings (SSSR count). The van der Waals surface area contributed by atoms with Crippen LogP contribution >= 0.6 is 34.0 Å². The Hall–Kier alpha value is -4.30. The number of halogens is 4. The summed E-state index contributed by atoms with van der Waals surface area (Å²) in [4.78, 5) is 6.64. The predicted octanol–water partition coefficient (Wildman–Crippen LogP) is 12.1. The molecule has 0 radical (unpaired) electrons. The van der Waals surface area contributed by atoms with Gasteiger partial charge in [-0.3, -0.25) is 0 Å². The Labute approximate surface area is 270 Å². The molecule has 0 atom stereocenters. The first-order valence-corrected chi connectivity index (χ1v) is 16.7. The summed E-state index contributed by atoms with van der Waals surface area (Å²) in [6, 6.07) is 38.6. The second kappa shape index (κ2) is 12.6. The summed E-state index contributed by atoms with van der Waals surface area (Å²) in [7, 11) is 0. The first kappa shape index (κ1) is 29.4. The van der Waals surface area contributed by atoms with Gasteiger partial charge >= 0.3 is 0 Å². The van der Waals surface area contributed by atoms with Gasteiger partial charge in [0.2, 0.25) is 0 Å². The van der Waals surface area contributed by atoms with E-state index in [9.17, 15) is 17.6 Å². The van der Waals surface area contributed by atoms with Crippen LogP contribution in [0.15, 0.2) is 133 Å². The van der Waals surface area contributed by atoms with Crippen LogP contribution in [0.25, 0.3) is 19.5 Å². The minimum atomic E-state index is -0.298. The van der Waals surface area contributed by atoms with Crippen LogP contribution in [0, 0.1) is 23.3 Å². The maximum absolute atomic E-state index is 13.8. The van der Waals surface area contributed by atoms with Crippen LogP contribution in [-0.2, 0) is 0 Å². The number of rotatable bonds is 8. The van der Waals surface area contributed by atoms with Crippen molar-refractivity contribution >= 4 is 34.0 Å². The average Bonchev–Trinajstić information content (AvgIpc) is 3.83. The summed E-state index contributed by atoms with van der Waals surface area (Å²) in [5, 5.41) is 0. The molecule has 0 aliphatic carbocycles. The molecular weight excluding hydrogens is 629 g/mol. The zero-order chi connectivity index (χ0) is 30.9. The molecule has 3 aromatic heterocycles. The molecule has 7 heteroatoms. The van der Waals surface area contributed by atoms with E-state index in [2.05, 4.69) is 36.4 Å². The summed E-state index contributed by atoms with van der Waals surface area (Å²) >= 11 is 5.05. The molecule has 0 nitrogen and oxygen atoms in total. The fourth-order valence-electron chi connectivity index (χ4n) is 5.55. The molecule has 222 valence electrons. The molecule has 0 aliphatic heterocycles. The highest BCUT2D eigenvalue weighted by atomic mass is 32.1. The van der Waals surface area contributed by atoms with E-state index >= 15 is 0 Å². The van der Waals surface area contributed by atoms with Crippen molar-refractivity contribution in [2.75, 3.05) is 0 Å². The average molecular weight is 653 g/mol. The number of hydrogen-bond acceptors (Lipinski definition) is 3. The van der Waals surface area contributed by atoms with Gasteiger partial charge in [-0.15, -0.1) is 34.0 Å². The van der Waals surface area contributed by atoms with Crippen molar-refractivity contribution < 1.29 is 17.6 Å². The standard InChI is InChI=1S/C38H24F4S3/c39-27-9-1-23(2-10-27)37(24-3-11-28(40)12-4-24)35-21-19-33(44-35)31-17-18-32(43-31)34-20-22-36(45-34)38(25-5-13-29(41)14-6-25)26-7-15-30(42)16-8-26/h1-22,37-38H. The lowest BCUT2D eigenvalue weighted by Crippen LogP contribution is -2.01. The molecule has 0 saturated heterocycles. The highest BCUT2D eigenvalue weighted by Gasteiger charge is 2.22. The van der Waals surface area contributed by atoms with Crippen molar-refractivity contribution in [2.24, 2.45) is 0 Å². The number of benzene rings is 4. The van der Waals surface area contributed by atoms with Gasteiger partial charge in [0.15, 0.2) is 0 Å². The topological polar surface area (TPSA) is 0 Å². The normalized spacial score (nSPS) is 11.5. The van der Waals surface area contributed by atoms with E-state index in [4.69, 9.17) is 0 Å². The van der Waals surface area contributed by atoms with Crippen molar-refractivity contribution in [1.82, 2.24) is 0 Å². The van der Waals surface area contributed by atoms with Gasteiger partial charge in [-0.05, 0) is 107 Å². The fraction of sp³-hybridized carbons (Fsp3) is 0.0526. The predicted molar refractivity (Wildman–Crippen MR) is 178 cm³/mol. The second-order valence-electron chi connectivity index (χ2n) is 10.6. The first-order chi connectivity index (χ1) is 21.9. The van der Waals surface area contributed by atoms with Crippen LogP contribution in [0.5, 0.6) is 0 Å². The molecule has 0 N–H and O–H groups in total. The van der Waals surface area contributed by atoms with E-state index in [1.54, 1.807) is 82.5 Å². The maximum Gasteiger partial charge on any atom is 0.123 e. The molecular formula is C38H24F4S3. The Bertz CT molecular complexity index is 1800. The molecule has 3 heterocycles. The van der Waals surface area contributed by atoms with Gasteiger partial charge in [0.05, 0.1) is 0 Å². The Kier molecular flexibility index (Phi) is 8.23. The van der Waals surface area contributed by atoms with E-state index in [1.807, 2.05) is 0 Å². The summed E-state index contributed by atoms with van der Waals surface area (Å²) in [5.41, 5.74) is 3.75. The lowest BCUT2D eigenvalue weighted by atomic mass is 9.90. The molecule has 0 spiro atoms. The van der Waals surface area contributed by atoms with Crippen molar-refractivity contribution in [3.05, 3.63) is 189 Å². The molecule has 0 bridgehead atoms. The van der Waals surface area contributed by atoms with Crippen LogP contribution in [0.4, 0.5) is 17.6 Å². The van der Waals surface area contributed by atoms with Crippen LogP contribution in [0.3, 0.4) is 0 Å². The minimum Gasteiger partial charge on any atom is -0.207 e. The van der Waals surface area contributed by atoms with Gasteiger partial charge in [0.1, 0.15) is 23.3 Å². The zero-order valence-corrected chi connectivity index (χ0v) is 26.0. The monoisotopic (exact) mass is 652 g/mol. The molecule has 7 aromatic rings. The van der Waals surface area contributed by atoms with E-state index in [0.717, 1.165) is 51.5 Å². The summed E-state index contributed by atoms with van der Waals surface area (Å²) < 4.78 is 55.0. The summed E-state index contributed by atoms with van der Waals surface area (Å²) in [5.74, 6) is -1.50. The smallest absolute Gasteiger partial charge is 0.123 e. The maximum atomic E-state index is 13.8. The third-order valence-corrected chi connectivity index (χ3v) is 11.5. The van der Waals surface area contributed by atoms with Crippen LogP contribution in [-0.4, -0.2) is 0 Å². The van der Waals surface area contributed by atoms with Crippen molar-refractivity contribution in [3.8, 4) is 19.5 Å². The third-order valence-electron chi connectivity index (χ3n) is 7.73. The van der Waals surface area contributed by atoms with Crippen molar-refractivity contribution in [3.63, 3.8) is 0 Å². The van der Waals surface area contributed by atoms with Crippen LogP contribution < -0.4 is 0 Å². The molecule has 0 amide bonds. The third kappa shape index (κ3) is 6.29. The molecule has 0 unspecified atom stereocenters. The van der Waals surface area contributed by atoms with Crippen LogP contribution in [0.1, 0.15) is 43.8 Å². The molecule has 45 heavy (non-hydrogen) atoms. The van der Waals surface area contributed by atoms with E-state index in [-0.39, 0.29) is 35.1 Å². The van der Waals surface area contributed by atoms with E-state index in [0.29, 0.717) is 0 Å². The van der Waals surface area contributed by atoms with Gasteiger partial charge in [-0.1, -0.05) is 48.5 Å². The van der Waals surface area contributed by atoms with Crippen molar-refractivity contribution in [1.29, 1.82) is 0 Å². The largest absolute Gasteiger partial charge is 0.207 e. The first-order valence-electron chi connectivity index (χ1n) is 14.2. The van der Waals surface area contributed by atoms with Gasteiger partial charge in [0.25, 0.3) is 0 Å². The fourth-order valence-corrected chi connectivity index (χ4v) is 9.06. The Morgan fingerprint density at radius 1 is 0.289 bits per heavy atom. The lowest BCUT2D eigenvalue weighted by Gasteiger charge is -2.17. The quantitative estimate of drug-likeness (QED) is 0.143. The Morgan fingerprint density at radius 2 is 0.533 bits per heavy atom.